The smallest absolute Gasteiger partial charge is 0.181 e. The molecule has 0 amide bonds. The van der Waals surface area contributed by atoms with E-state index < -0.39 is 5.92 Å². The molecule has 1 heterocycles. The normalized spacial score (nSPS) is 15.0. The van der Waals surface area contributed by atoms with Crippen molar-refractivity contribution in [2.45, 2.75) is 46.5 Å². The summed E-state index contributed by atoms with van der Waals surface area (Å²) in [4.78, 5) is 13.4. The van der Waals surface area contributed by atoms with Gasteiger partial charge in [0.25, 0.3) is 0 Å². The van der Waals surface area contributed by atoms with E-state index >= 15 is 0 Å². The van der Waals surface area contributed by atoms with E-state index in [0.717, 1.165) is 22.4 Å². The minimum absolute atomic E-state index is 0.0755. The topological polar surface area (TPSA) is 76.0 Å². The lowest BCUT2D eigenvalue weighted by molar-refractivity contribution is 0.0891. The number of carbonyl (C=O) groups is 1. The Kier molecular flexibility index (Phi) is 6.74. The lowest BCUT2D eigenvalue weighted by Gasteiger charge is -2.26. The lowest BCUT2D eigenvalue weighted by Crippen LogP contribution is -2.26. The van der Waals surface area contributed by atoms with Gasteiger partial charge in [0, 0.05) is 11.6 Å². The van der Waals surface area contributed by atoms with E-state index in [9.17, 15) is 15.0 Å². The zero-order valence-corrected chi connectivity index (χ0v) is 18.8. The van der Waals surface area contributed by atoms with Crippen LogP contribution >= 0.6 is 0 Å². The molecule has 164 valence electrons. The van der Waals surface area contributed by atoms with Crippen molar-refractivity contribution < 1.29 is 24.5 Å². The van der Waals surface area contributed by atoms with Crippen LogP contribution in [-0.4, -0.2) is 29.7 Å². The summed E-state index contributed by atoms with van der Waals surface area (Å²) in [6.45, 7) is 8.10. The molecule has 5 heteroatoms. The molecule has 1 aliphatic heterocycles. The number of carbonyl (C=O) groups excluding carboxylic acids is 1. The number of phenolic OH excluding ortho intramolecular Hbond substituents is 2. The Hall–Kier alpha value is -3.21. The number of benzene rings is 2. The Morgan fingerprint density at radius 1 is 1.10 bits per heavy atom. The van der Waals surface area contributed by atoms with E-state index in [2.05, 4.69) is 6.08 Å². The molecule has 0 unspecified atom stereocenters. The van der Waals surface area contributed by atoms with Gasteiger partial charge in [0.2, 0.25) is 0 Å². The Bertz CT molecular complexity index is 1050. The second-order valence-corrected chi connectivity index (χ2v) is 8.37. The molecule has 0 spiro atoms. The highest BCUT2D eigenvalue weighted by Crippen LogP contribution is 2.44. The van der Waals surface area contributed by atoms with Gasteiger partial charge in [-0.25, -0.2) is 0 Å². The van der Waals surface area contributed by atoms with Gasteiger partial charge in [-0.05, 0) is 57.7 Å². The first kappa shape index (κ1) is 22.5. The summed E-state index contributed by atoms with van der Waals surface area (Å²) >= 11 is 0. The van der Waals surface area contributed by atoms with Crippen LogP contribution in [0.5, 0.6) is 23.0 Å². The molecule has 0 fully saturated rings. The number of methoxy groups -OCH3 is 1. The van der Waals surface area contributed by atoms with E-state index in [1.54, 1.807) is 7.11 Å². The van der Waals surface area contributed by atoms with Crippen LogP contribution in [0.25, 0.3) is 0 Å². The zero-order chi connectivity index (χ0) is 22.7. The minimum Gasteiger partial charge on any atom is -0.507 e. The summed E-state index contributed by atoms with van der Waals surface area (Å²) in [6.07, 6.45) is 5.04. The molecule has 0 aliphatic carbocycles. The number of ether oxygens (including phenoxy) is 2. The first-order valence-corrected chi connectivity index (χ1v) is 10.4. The Morgan fingerprint density at radius 3 is 2.42 bits per heavy atom. The van der Waals surface area contributed by atoms with Gasteiger partial charge < -0.3 is 19.7 Å². The Balaban J connectivity index is 2.01. The molecule has 3 rings (SSSR count). The summed E-state index contributed by atoms with van der Waals surface area (Å²) in [5.74, 6) is -0.0573. The molecule has 5 nitrogen and oxygen atoms in total. The first-order chi connectivity index (χ1) is 14.7. The van der Waals surface area contributed by atoms with Crippen molar-refractivity contribution in [2.24, 2.45) is 0 Å². The standard InChI is InChI=1S/C26H30O5/c1-15(2)6-8-18-12-17(9-11-22(18)30-5)20-14-31-23-13-21(27)19(10-7-16(3)4)25(28)24(23)26(20)29/h6-7,9,11-13,20,27-28H,8,10,14H2,1-5H3/t20-/m0/s1. The van der Waals surface area contributed by atoms with Crippen molar-refractivity contribution in [1.29, 1.82) is 0 Å². The number of ketones is 1. The van der Waals surface area contributed by atoms with E-state index in [0.29, 0.717) is 18.4 Å². The fraction of sp³-hybridized carbons (Fsp3) is 0.346. The molecule has 0 bridgehead atoms. The number of allylic oxidation sites excluding steroid dienone is 4. The van der Waals surface area contributed by atoms with Gasteiger partial charge in [0.05, 0.1) is 13.0 Å². The number of Topliss-reactive ketones (excluding diaryl/α,β-unsaturated/α-hetero) is 1. The maximum absolute atomic E-state index is 13.4. The van der Waals surface area contributed by atoms with Crippen LogP contribution in [0, 0.1) is 0 Å². The third kappa shape index (κ3) is 4.76. The largest absolute Gasteiger partial charge is 0.507 e. The van der Waals surface area contributed by atoms with E-state index in [-0.39, 0.29) is 35.2 Å². The van der Waals surface area contributed by atoms with E-state index in [1.807, 2.05) is 52.0 Å². The molecule has 2 N–H and O–H groups in total. The van der Waals surface area contributed by atoms with Crippen molar-refractivity contribution in [3.05, 3.63) is 69.8 Å². The number of hydrogen-bond donors (Lipinski definition) is 2. The predicted molar refractivity (Wildman–Crippen MR) is 122 cm³/mol. The maximum Gasteiger partial charge on any atom is 0.181 e. The van der Waals surface area contributed by atoms with Crippen molar-refractivity contribution in [2.75, 3.05) is 13.7 Å². The highest BCUT2D eigenvalue weighted by atomic mass is 16.5. The second kappa shape index (κ2) is 9.29. The summed E-state index contributed by atoms with van der Waals surface area (Å²) in [5, 5.41) is 21.2. The summed E-state index contributed by atoms with van der Waals surface area (Å²) < 4.78 is 11.3. The van der Waals surface area contributed by atoms with Gasteiger partial charge in [-0.15, -0.1) is 0 Å². The first-order valence-electron chi connectivity index (χ1n) is 10.4. The predicted octanol–water partition coefficient (Wildman–Crippen LogP) is 5.48. The van der Waals surface area contributed by atoms with E-state index in [1.165, 1.54) is 11.6 Å². The van der Waals surface area contributed by atoms with Crippen molar-refractivity contribution in [1.82, 2.24) is 0 Å². The van der Waals surface area contributed by atoms with Gasteiger partial charge in [-0.1, -0.05) is 35.4 Å². The number of aromatic hydroxyl groups is 2. The highest BCUT2D eigenvalue weighted by Gasteiger charge is 2.35. The summed E-state index contributed by atoms with van der Waals surface area (Å²) in [5.41, 5.74) is 4.52. The Labute approximate surface area is 183 Å². The number of phenols is 2. The van der Waals surface area contributed by atoms with Gasteiger partial charge in [-0.3, -0.25) is 4.79 Å². The van der Waals surface area contributed by atoms with Crippen LogP contribution in [0.15, 0.2) is 47.6 Å². The molecule has 0 saturated carbocycles. The molecule has 0 saturated heterocycles. The molecule has 1 aliphatic rings. The van der Waals surface area contributed by atoms with Gasteiger partial charge >= 0.3 is 0 Å². The SMILES string of the molecule is COc1ccc([C@@H]2COc3cc(O)c(CC=C(C)C)c(O)c3C2=O)cc1CC=C(C)C. The van der Waals surface area contributed by atoms with E-state index in [4.69, 9.17) is 9.47 Å². The molecule has 2 aromatic rings. The third-order valence-electron chi connectivity index (χ3n) is 5.47. The molecule has 0 aromatic heterocycles. The quantitative estimate of drug-likeness (QED) is 0.603. The van der Waals surface area contributed by atoms with Crippen LogP contribution in [0.2, 0.25) is 0 Å². The fourth-order valence-electron chi connectivity index (χ4n) is 3.69. The Morgan fingerprint density at radius 2 is 1.77 bits per heavy atom. The highest BCUT2D eigenvalue weighted by molar-refractivity contribution is 6.07. The average molecular weight is 423 g/mol. The van der Waals surface area contributed by atoms with Gasteiger partial charge in [0.1, 0.15) is 35.2 Å². The molecular formula is C26H30O5. The molecule has 1 atom stereocenters. The van der Waals surface area contributed by atoms with Crippen LogP contribution in [0.3, 0.4) is 0 Å². The second-order valence-electron chi connectivity index (χ2n) is 8.37. The zero-order valence-electron chi connectivity index (χ0n) is 18.8. The minimum atomic E-state index is -0.546. The third-order valence-corrected chi connectivity index (χ3v) is 5.47. The summed E-state index contributed by atoms with van der Waals surface area (Å²) in [6, 6.07) is 7.12. The molecule has 31 heavy (non-hydrogen) atoms. The van der Waals surface area contributed by atoms with Crippen molar-refractivity contribution in [3.63, 3.8) is 0 Å². The van der Waals surface area contributed by atoms with Crippen molar-refractivity contribution in [3.8, 4) is 23.0 Å². The van der Waals surface area contributed by atoms with Crippen LogP contribution in [0.4, 0.5) is 0 Å². The molecular weight excluding hydrogens is 392 g/mol. The monoisotopic (exact) mass is 422 g/mol. The maximum atomic E-state index is 13.4. The molecule has 2 aromatic carbocycles. The number of fused-ring (bicyclic) bond motifs is 1. The van der Waals surface area contributed by atoms with Crippen molar-refractivity contribution >= 4 is 5.78 Å². The fourth-order valence-corrected chi connectivity index (χ4v) is 3.69. The van der Waals surface area contributed by atoms with Crippen LogP contribution < -0.4 is 9.47 Å². The summed E-state index contributed by atoms with van der Waals surface area (Å²) in [7, 11) is 1.63. The average Bonchev–Trinajstić information content (AvgIpc) is 2.71. The van der Waals surface area contributed by atoms with Gasteiger partial charge in [-0.2, -0.15) is 0 Å². The molecule has 0 radical (unpaired) electrons. The lowest BCUT2D eigenvalue weighted by atomic mass is 9.86. The van der Waals surface area contributed by atoms with Crippen LogP contribution in [0.1, 0.15) is 60.7 Å². The number of rotatable bonds is 6. The van der Waals surface area contributed by atoms with Crippen LogP contribution in [-0.2, 0) is 12.8 Å². The van der Waals surface area contributed by atoms with Gasteiger partial charge in [0.15, 0.2) is 5.78 Å². The number of hydrogen-bond acceptors (Lipinski definition) is 5.